The fourth-order valence-electron chi connectivity index (χ4n) is 5.30. The first kappa shape index (κ1) is 14.5. The summed E-state index contributed by atoms with van der Waals surface area (Å²) in [6.45, 7) is 2.00. The fraction of sp³-hybridized carbons (Fsp3) is 0.889. The van der Waals surface area contributed by atoms with E-state index in [9.17, 15) is 9.59 Å². The molecule has 122 valence electrons. The average Bonchev–Trinajstić information content (AvgIpc) is 3.30. The molecule has 0 aromatic carbocycles. The minimum atomic E-state index is 0.333. The topological polar surface area (TPSA) is 40.6 Å². The molecule has 4 heteroatoms. The number of fused-ring (bicyclic) bond motifs is 4. The highest BCUT2D eigenvalue weighted by atomic mass is 16.2. The Morgan fingerprint density at radius 1 is 0.727 bits per heavy atom. The molecule has 2 heterocycles. The van der Waals surface area contributed by atoms with Gasteiger partial charge in [0.1, 0.15) is 0 Å². The van der Waals surface area contributed by atoms with E-state index >= 15 is 0 Å². The number of hydrogen-bond acceptors (Lipinski definition) is 2. The molecule has 0 aromatic heterocycles. The minimum absolute atomic E-state index is 0.333. The summed E-state index contributed by atoms with van der Waals surface area (Å²) in [5, 5.41) is 0. The zero-order chi connectivity index (χ0) is 15.1. The van der Waals surface area contributed by atoms with Crippen LogP contribution in [0.15, 0.2) is 0 Å². The van der Waals surface area contributed by atoms with Gasteiger partial charge in [-0.2, -0.15) is 0 Å². The molecular weight excluding hydrogens is 276 g/mol. The van der Waals surface area contributed by atoms with Crippen LogP contribution in [-0.2, 0) is 9.59 Å². The summed E-state index contributed by atoms with van der Waals surface area (Å²) in [5.41, 5.74) is 0. The number of carbonyl (C=O) groups excluding carboxylic acids is 2. The lowest BCUT2D eigenvalue weighted by atomic mass is 10.1. The molecule has 0 spiro atoms. The second-order valence-corrected chi connectivity index (χ2v) is 7.97. The summed E-state index contributed by atoms with van der Waals surface area (Å²) in [5.74, 6) is 2.22. The Hall–Kier alpha value is -1.06. The Kier molecular flexibility index (Phi) is 3.87. The first-order valence-corrected chi connectivity index (χ1v) is 9.29. The van der Waals surface area contributed by atoms with Crippen molar-refractivity contribution >= 4 is 11.8 Å². The van der Waals surface area contributed by atoms with Gasteiger partial charge in [-0.05, 0) is 63.2 Å². The number of amides is 2. The van der Waals surface area contributed by atoms with E-state index in [4.69, 9.17) is 0 Å². The van der Waals surface area contributed by atoms with E-state index in [-0.39, 0.29) is 0 Å². The highest BCUT2D eigenvalue weighted by Gasteiger charge is 2.40. The lowest BCUT2D eigenvalue weighted by Gasteiger charge is -2.28. The van der Waals surface area contributed by atoms with Gasteiger partial charge in [0.15, 0.2) is 0 Å². The van der Waals surface area contributed by atoms with Gasteiger partial charge in [0.25, 0.3) is 0 Å². The minimum Gasteiger partial charge on any atom is -0.339 e. The zero-order valence-corrected chi connectivity index (χ0v) is 13.5. The van der Waals surface area contributed by atoms with Gasteiger partial charge in [0, 0.05) is 38.0 Å². The predicted molar refractivity (Wildman–Crippen MR) is 84.2 cm³/mol. The van der Waals surface area contributed by atoms with Gasteiger partial charge in [-0.25, -0.2) is 0 Å². The first-order chi connectivity index (χ1) is 10.7. The molecule has 4 fully saturated rings. The third-order valence-electron chi connectivity index (χ3n) is 6.49. The number of nitrogens with zero attached hydrogens (tertiary/aromatic N) is 2. The number of hydrogen-bond donors (Lipinski definition) is 0. The van der Waals surface area contributed by atoms with Gasteiger partial charge >= 0.3 is 0 Å². The van der Waals surface area contributed by atoms with Crippen LogP contribution >= 0.6 is 0 Å². The summed E-state index contributed by atoms with van der Waals surface area (Å²) in [6, 6.07) is 1.08. The number of carbonyl (C=O) groups is 2. The SMILES string of the molecule is O=C(CCCCC(=O)N1C[C@H]2CC[C@@H]1C2)N1C[C@@H]2CC[C@@H]1C2. The van der Waals surface area contributed by atoms with Crippen molar-refractivity contribution in [2.75, 3.05) is 13.1 Å². The molecule has 4 nitrogen and oxygen atoms in total. The van der Waals surface area contributed by atoms with Crippen LogP contribution in [0.4, 0.5) is 0 Å². The average molecular weight is 304 g/mol. The van der Waals surface area contributed by atoms with Crippen LogP contribution in [0.5, 0.6) is 0 Å². The molecule has 2 saturated carbocycles. The van der Waals surface area contributed by atoms with Gasteiger partial charge in [-0.1, -0.05) is 0 Å². The lowest BCUT2D eigenvalue weighted by molar-refractivity contribution is -0.134. The van der Waals surface area contributed by atoms with Crippen LogP contribution in [0.25, 0.3) is 0 Å². The van der Waals surface area contributed by atoms with Crippen molar-refractivity contribution in [3.05, 3.63) is 0 Å². The van der Waals surface area contributed by atoms with Gasteiger partial charge in [-0.3, -0.25) is 9.59 Å². The number of rotatable bonds is 5. The maximum atomic E-state index is 12.3. The molecule has 4 bridgehead atoms. The molecule has 0 N–H and O–H groups in total. The standard InChI is InChI=1S/C18H28N2O2/c21-17(19-11-13-5-7-15(19)9-13)3-1-2-4-18(22)20-12-14-6-8-16(20)10-14/h13-16H,1-12H2/t13-,14+,15-,16-/m1/s1. The summed E-state index contributed by atoms with van der Waals surface area (Å²) < 4.78 is 0. The smallest absolute Gasteiger partial charge is 0.222 e. The van der Waals surface area contributed by atoms with Crippen molar-refractivity contribution in [1.29, 1.82) is 0 Å². The Balaban J connectivity index is 1.15. The molecule has 2 aliphatic heterocycles. The van der Waals surface area contributed by atoms with Crippen molar-refractivity contribution in [1.82, 2.24) is 9.80 Å². The second-order valence-electron chi connectivity index (χ2n) is 7.97. The quantitative estimate of drug-likeness (QED) is 0.732. The van der Waals surface area contributed by atoms with Crippen LogP contribution in [-0.4, -0.2) is 46.8 Å². The molecule has 0 radical (unpaired) electrons. The summed E-state index contributed by atoms with van der Waals surface area (Å²) in [4.78, 5) is 28.8. The van der Waals surface area contributed by atoms with Crippen molar-refractivity contribution in [2.45, 2.75) is 76.3 Å². The third kappa shape index (κ3) is 2.65. The highest BCUT2D eigenvalue weighted by molar-refractivity contribution is 5.78. The van der Waals surface area contributed by atoms with Crippen LogP contribution in [0, 0.1) is 11.8 Å². The van der Waals surface area contributed by atoms with E-state index in [1.165, 1.54) is 38.5 Å². The molecule has 4 aliphatic rings. The fourth-order valence-corrected chi connectivity index (χ4v) is 5.30. The molecule has 22 heavy (non-hydrogen) atoms. The maximum Gasteiger partial charge on any atom is 0.222 e. The lowest BCUT2D eigenvalue weighted by Crippen LogP contribution is -2.38. The van der Waals surface area contributed by atoms with Gasteiger partial charge in [-0.15, -0.1) is 0 Å². The Labute approximate surface area is 133 Å². The number of likely N-dealkylation sites (tertiary alicyclic amines) is 2. The highest BCUT2D eigenvalue weighted by Crippen LogP contribution is 2.38. The predicted octanol–water partition coefficient (Wildman–Crippen LogP) is 2.57. The maximum absolute atomic E-state index is 12.3. The Morgan fingerprint density at radius 2 is 1.18 bits per heavy atom. The molecule has 4 rings (SSSR count). The third-order valence-corrected chi connectivity index (χ3v) is 6.49. The van der Waals surface area contributed by atoms with Crippen LogP contribution < -0.4 is 0 Å². The molecule has 2 aliphatic carbocycles. The monoisotopic (exact) mass is 304 g/mol. The van der Waals surface area contributed by atoms with Gasteiger partial charge in [0.2, 0.25) is 11.8 Å². The molecular formula is C18H28N2O2. The van der Waals surface area contributed by atoms with Crippen molar-refractivity contribution < 1.29 is 9.59 Å². The van der Waals surface area contributed by atoms with E-state index in [0.29, 0.717) is 36.7 Å². The van der Waals surface area contributed by atoms with Crippen LogP contribution in [0.1, 0.15) is 64.2 Å². The van der Waals surface area contributed by atoms with E-state index in [2.05, 4.69) is 9.80 Å². The zero-order valence-electron chi connectivity index (χ0n) is 13.5. The number of unbranched alkanes of at least 4 members (excludes halogenated alkanes) is 1. The molecule has 4 atom stereocenters. The van der Waals surface area contributed by atoms with Crippen molar-refractivity contribution in [3.8, 4) is 0 Å². The molecule has 2 amide bonds. The van der Waals surface area contributed by atoms with Gasteiger partial charge < -0.3 is 9.80 Å². The van der Waals surface area contributed by atoms with E-state index in [1.807, 2.05) is 0 Å². The van der Waals surface area contributed by atoms with Crippen molar-refractivity contribution in [2.24, 2.45) is 11.8 Å². The summed E-state index contributed by atoms with van der Waals surface area (Å²) >= 11 is 0. The van der Waals surface area contributed by atoms with E-state index in [0.717, 1.165) is 37.8 Å². The Bertz CT molecular complexity index is 422. The second kappa shape index (κ2) is 5.86. The van der Waals surface area contributed by atoms with Crippen molar-refractivity contribution in [3.63, 3.8) is 0 Å². The molecule has 0 aromatic rings. The van der Waals surface area contributed by atoms with Crippen LogP contribution in [0.3, 0.4) is 0 Å². The molecule has 2 saturated heterocycles. The summed E-state index contributed by atoms with van der Waals surface area (Å²) in [6.07, 6.45) is 10.6. The number of piperidine rings is 2. The van der Waals surface area contributed by atoms with Gasteiger partial charge in [0.05, 0.1) is 0 Å². The first-order valence-electron chi connectivity index (χ1n) is 9.29. The normalized spacial score (nSPS) is 35.6. The van der Waals surface area contributed by atoms with Crippen LogP contribution in [0.2, 0.25) is 0 Å². The van der Waals surface area contributed by atoms with E-state index < -0.39 is 0 Å². The Morgan fingerprint density at radius 3 is 1.50 bits per heavy atom. The largest absolute Gasteiger partial charge is 0.339 e. The van der Waals surface area contributed by atoms with E-state index in [1.54, 1.807) is 0 Å². The molecule has 0 unspecified atom stereocenters. The summed E-state index contributed by atoms with van der Waals surface area (Å²) in [7, 11) is 0.